The van der Waals surface area contributed by atoms with E-state index >= 15 is 0 Å². The molecule has 0 saturated carbocycles. The molecule has 7 heteroatoms. The molecular formula is C10H14N2O4S. The monoisotopic (exact) mass is 258 g/mol. The zero-order valence-corrected chi connectivity index (χ0v) is 10.1. The van der Waals surface area contributed by atoms with Crippen molar-refractivity contribution in [2.45, 2.75) is 17.9 Å². The average molecular weight is 258 g/mol. The summed E-state index contributed by atoms with van der Waals surface area (Å²) in [5.74, 6) is 0. The van der Waals surface area contributed by atoms with Gasteiger partial charge in [-0.3, -0.25) is 0 Å². The van der Waals surface area contributed by atoms with Crippen LogP contribution in [0.1, 0.15) is 5.56 Å². The summed E-state index contributed by atoms with van der Waals surface area (Å²) in [7, 11) is -3.72. The summed E-state index contributed by atoms with van der Waals surface area (Å²) in [5.41, 5.74) is 0.947. The van der Waals surface area contributed by atoms with Crippen LogP contribution in [-0.2, 0) is 10.0 Å². The minimum Gasteiger partial charge on any atom is -0.393 e. The Morgan fingerprint density at radius 1 is 1.41 bits per heavy atom. The van der Waals surface area contributed by atoms with Crippen LogP contribution in [-0.4, -0.2) is 37.6 Å². The predicted octanol–water partition coefficient (Wildman–Crippen LogP) is -0.388. The standard InChI is InChI=1S/C10H14N2O4S/c1-8-2-4-10(5-3-8)17(15,16)12-11-6-9(14)7-13/h2-6,9,12-14H,7H2,1H3/b11-6+/t9-/m0/s1. The average Bonchev–Trinajstić information content (AvgIpc) is 2.29. The second kappa shape index (κ2) is 5.76. The van der Waals surface area contributed by atoms with Crippen molar-refractivity contribution < 1.29 is 18.6 Å². The molecule has 0 saturated heterocycles. The number of hydrazone groups is 1. The molecular weight excluding hydrogens is 244 g/mol. The second-order valence-electron chi connectivity index (χ2n) is 3.44. The minimum atomic E-state index is -3.72. The van der Waals surface area contributed by atoms with Gasteiger partial charge in [0.05, 0.1) is 17.7 Å². The highest BCUT2D eigenvalue weighted by Crippen LogP contribution is 2.09. The zero-order chi connectivity index (χ0) is 12.9. The minimum absolute atomic E-state index is 0.0822. The van der Waals surface area contributed by atoms with Crippen LogP contribution in [0.15, 0.2) is 34.3 Å². The van der Waals surface area contributed by atoms with Crippen molar-refractivity contribution in [2.75, 3.05) is 6.61 Å². The number of hydrogen-bond donors (Lipinski definition) is 3. The quantitative estimate of drug-likeness (QED) is 0.495. The third kappa shape index (κ3) is 4.14. The predicted molar refractivity (Wildman–Crippen MR) is 63.1 cm³/mol. The van der Waals surface area contributed by atoms with Gasteiger partial charge in [0.25, 0.3) is 10.0 Å². The Balaban J connectivity index is 2.76. The maximum Gasteiger partial charge on any atom is 0.276 e. The normalized spacial score (nSPS) is 13.8. The highest BCUT2D eigenvalue weighted by molar-refractivity contribution is 7.89. The highest BCUT2D eigenvalue weighted by atomic mass is 32.2. The number of nitrogens with zero attached hydrogens (tertiary/aromatic N) is 1. The van der Waals surface area contributed by atoms with Crippen molar-refractivity contribution in [3.8, 4) is 0 Å². The van der Waals surface area contributed by atoms with Crippen molar-refractivity contribution in [1.29, 1.82) is 0 Å². The first-order chi connectivity index (χ1) is 7.95. The zero-order valence-electron chi connectivity index (χ0n) is 9.24. The van der Waals surface area contributed by atoms with Gasteiger partial charge in [0.15, 0.2) is 0 Å². The topological polar surface area (TPSA) is 99.0 Å². The number of hydrogen-bond acceptors (Lipinski definition) is 5. The van der Waals surface area contributed by atoms with E-state index in [-0.39, 0.29) is 4.90 Å². The molecule has 0 fully saturated rings. The SMILES string of the molecule is Cc1ccc(S(=O)(=O)N/N=C/[C@H](O)CO)cc1. The maximum atomic E-state index is 11.6. The molecule has 0 spiro atoms. The van der Waals surface area contributed by atoms with Crippen LogP contribution < -0.4 is 4.83 Å². The molecule has 0 aromatic heterocycles. The van der Waals surface area contributed by atoms with Gasteiger partial charge in [-0.1, -0.05) is 17.7 Å². The molecule has 0 bridgehead atoms. The van der Waals surface area contributed by atoms with E-state index in [9.17, 15) is 8.42 Å². The molecule has 0 aliphatic carbocycles. The molecule has 0 amide bonds. The lowest BCUT2D eigenvalue weighted by molar-refractivity contribution is 0.148. The van der Waals surface area contributed by atoms with Crippen LogP contribution in [0.4, 0.5) is 0 Å². The fourth-order valence-corrected chi connectivity index (χ4v) is 1.80. The van der Waals surface area contributed by atoms with Gasteiger partial charge in [-0.15, -0.1) is 0 Å². The molecule has 17 heavy (non-hydrogen) atoms. The molecule has 1 aromatic carbocycles. The van der Waals surface area contributed by atoms with Crippen LogP contribution in [0.5, 0.6) is 0 Å². The van der Waals surface area contributed by atoms with Crippen LogP contribution in [0, 0.1) is 6.92 Å². The van der Waals surface area contributed by atoms with Crippen molar-refractivity contribution in [3.05, 3.63) is 29.8 Å². The van der Waals surface area contributed by atoms with Gasteiger partial charge in [-0.05, 0) is 19.1 Å². The van der Waals surface area contributed by atoms with Gasteiger partial charge in [-0.25, -0.2) is 4.83 Å². The lowest BCUT2D eigenvalue weighted by atomic mass is 10.2. The Morgan fingerprint density at radius 3 is 2.53 bits per heavy atom. The first kappa shape index (κ1) is 13.6. The van der Waals surface area contributed by atoms with Gasteiger partial charge in [0.1, 0.15) is 6.10 Å². The second-order valence-corrected chi connectivity index (χ2v) is 5.10. The lowest BCUT2D eigenvalue weighted by Gasteiger charge is -2.04. The summed E-state index contributed by atoms with van der Waals surface area (Å²) in [6, 6.07) is 6.24. The molecule has 3 N–H and O–H groups in total. The van der Waals surface area contributed by atoms with E-state index < -0.39 is 22.7 Å². The molecule has 0 aliphatic heterocycles. The Kier molecular flexibility index (Phi) is 4.62. The number of aliphatic hydroxyl groups excluding tert-OH is 2. The van der Waals surface area contributed by atoms with Crippen LogP contribution >= 0.6 is 0 Å². The van der Waals surface area contributed by atoms with Gasteiger partial charge in [-0.2, -0.15) is 13.5 Å². The van der Waals surface area contributed by atoms with Crippen molar-refractivity contribution in [3.63, 3.8) is 0 Å². The molecule has 1 rings (SSSR count). The van der Waals surface area contributed by atoms with E-state index in [1.165, 1.54) is 12.1 Å². The first-order valence-electron chi connectivity index (χ1n) is 4.86. The summed E-state index contributed by atoms with van der Waals surface area (Å²) >= 11 is 0. The fourth-order valence-electron chi connectivity index (χ4n) is 1.00. The number of sulfonamides is 1. The van der Waals surface area contributed by atoms with Crippen molar-refractivity contribution in [1.82, 2.24) is 4.83 Å². The van der Waals surface area contributed by atoms with E-state index in [0.29, 0.717) is 0 Å². The Bertz CT molecular complexity index is 482. The molecule has 94 valence electrons. The summed E-state index contributed by atoms with van der Waals surface area (Å²) < 4.78 is 23.3. The number of aryl methyl sites for hydroxylation is 1. The van der Waals surface area contributed by atoms with Crippen LogP contribution in [0.2, 0.25) is 0 Å². The van der Waals surface area contributed by atoms with Crippen molar-refractivity contribution >= 4 is 16.2 Å². The number of rotatable bonds is 5. The largest absolute Gasteiger partial charge is 0.393 e. The fraction of sp³-hybridized carbons (Fsp3) is 0.300. The van der Waals surface area contributed by atoms with Crippen LogP contribution in [0.3, 0.4) is 0 Å². The van der Waals surface area contributed by atoms with Gasteiger partial charge in [0.2, 0.25) is 0 Å². The van der Waals surface area contributed by atoms with Gasteiger partial charge < -0.3 is 10.2 Å². The summed E-state index contributed by atoms with van der Waals surface area (Å²) in [4.78, 5) is 2.01. The summed E-state index contributed by atoms with van der Waals surface area (Å²) in [6.07, 6.45) is -0.276. The Morgan fingerprint density at radius 2 is 2.00 bits per heavy atom. The first-order valence-corrected chi connectivity index (χ1v) is 6.34. The van der Waals surface area contributed by atoms with Gasteiger partial charge >= 0.3 is 0 Å². The van der Waals surface area contributed by atoms with E-state index in [1.54, 1.807) is 12.1 Å². The van der Waals surface area contributed by atoms with E-state index in [2.05, 4.69) is 5.10 Å². The summed E-state index contributed by atoms with van der Waals surface area (Å²) in [5, 5.41) is 20.8. The van der Waals surface area contributed by atoms with Crippen molar-refractivity contribution in [2.24, 2.45) is 5.10 Å². The van der Waals surface area contributed by atoms with E-state index in [4.69, 9.17) is 10.2 Å². The third-order valence-electron chi connectivity index (χ3n) is 1.94. The van der Waals surface area contributed by atoms with E-state index in [0.717, 1.165) is 11.8 Å². The number of aliphatic hydroxyl groups is 2. The highest BCUT2D eigenvalue weighted by Gasteiger charge is 2.11. The molecule has 0 unspecified atom stereocenters. The lowest BCUT2D eigenvalue weighted by Crippen LogP contribution is -2.21. The van der Waals surface area contributed by atoms with Gasteiger partial charge in [0, 0.05) is 0 Å². The molecule has 0 radical (unpaired) electrons. The smallest absolute Gasteiger partial charge is 0.276 e. The number of nitrogens with one attached hydrogen (secondary N) is 1. The number of benzene rings is 1. The van der Waals surface area contributed by atoms with Crippen LogP contribution in [0.25, 0.3) is 0 Å². The Labute approximate surface area is 99.7 Å². The molecule has 6 nitrogen and oxygen atoms in total. The van der Waals surface area contributed by atoms with E-state index in [1.807, 2.05) is 11.8 Å². The molecule has 0 aliphatic rings. The molecule has 1 aromatic rings. The summed E-state index contributed by atoms with van der Waals surface area (Å²) in [6.45, 7) is 1.33. The third-order valence-corrected chi connectivity index (χ3v) is 3.18. The Hall–Kier alpha value is -1.44. The molecule has 0 heterocycles. The maximum absolute atomic E-state index is 11.6. The molecule has 1 atom stereocenters.